The largest absolute Gasteiger partial charge is 0.464 e. The molecule has 1 N–H and O–H groups in total. The summed E-state index contributed by atoms with van der Waals surface area (Å²) in [7, 11) is -9.03. The first-order chi connectivity index (χ1) is 29.5. The van der Waals surface area contributed by atoms with Gasteiger partial charge in [0, 0.05) is 26.2 Å². The molecule has 3 atom stereocenters. The maximum atomic E-state index is 15.8. The van der Waals surface area contributed by atoms with Gasteiger partial charge in [-0.25, -0.2) is 4.79 Å². The van der Waals surface area contributed by atoms with Crippen molar-refractivity contribution in [3.05, 3.63) is 144 Å². The zero-order valence-electron chi connectivity index (χ0n) is 34.8. The van der Waals surface area contributed by atoms with Crippen molar-refractivity contribution in [2.45, 2.75) is 77.4 Å². The number of epoxide rings is 1. The Kier molecular flexibility index (Phi) is 16.6. The number of nitrogens with one attached hydrogen (secondary N) is 1. The summed E-state index contributed by atoms with van der Waals surface area (Å²) in [6, 6.07) is 35.9. The summed E-state index contributed by atoms with van der Waals surface area (Å²) in [4.78, 5) is 42.9. The second kappa shape index (κ2) is 22.0. The highest BCUT2D eigenvalue weighted by Crippen LogP contribution is 2.72. The minimum atomic E-state index is -4.52. The smallest absolute Gasteiger partial charge is 0.360 e. The Labute approximate surface area is 357 Å². The zero-order chi connectivity index (χ0) is 43.2. The van der Waals surface area contributed by atoms with Crippen LogP contribution in [0.4, 0.5) is 0 Å². The number of hydrogen-bond acceptors (Lipinski definition) is 12. The van der Waals surface area contributed by atoms with E-state index in [0.717, 1.165) is 0 Å². The predicted molar refractivity (Wildman–Crippen MR) is 229 cm³/mol. The Bertz CT molecular complexity index is 1910. The van der Waals surface area contributed by atoms with E-state index in [-0.39, 0.29) is 71.0 Å². The third kappa shape index (κ3) is 13.0. The summed E-state index contributed by atoms with van der Waals surface area (Å²) in [6.45, 7) is 5.56. The van der Waals surface area contributed by atoms with Crippen molar-refractivity contribution in [1.29, 1.82) is 0 Å². The van der Waals surface area contributed by atoms with Gasteiger partial charge in [0.15, 0.2) is 12.2 Å². The highest BCUT2D eigenvalue weighted by molar-refractivity contribution is 7.72. The molecule has 61 heavy (non-hydrogen) atoms. The van der Waals surface area contributed by atoms with Crippen LogP contribution >= 0.6 is 15.2 Å². The molecule has 2 aliphatic rings. The number of esters is 1. The topological polar surface area (TPSA) is 163 Å². The average molecular weight is 876 g/mol. The number of benzene rings is 4. The molecule has 0 spiro atoms. The molecule has 0 unspecified atom stereocenters. The van der Waals surface area contributed by atoms with Crippen molar-refractivity contribution in [3.63, 3.8) is 0 Å². The van der Waals surface area contributed by atoms with Crippen LogP contribution in [0.2, 0.25) is 0 Å². The van der Waals surface area contributed by atoms with E-state index in [4.69, 9.17) is 27.6 Å². The van der Waals surface area contributed by atoms with E-state index in [1.54, 1.807) is 16.7 Å². The molecule has 4 aromatic rings. The van der Waals surface area contributed by atoms with Crippen LogP contribution in [-0.2, 0) is 77.5 Å². The number of carbonyl (C=O) groups excluding carboxylic acids is 3. The maximum Gasteiger partial charge on any atom is 0.360 e. The van der Waals surface area contributed by atoms with Crippen LogP contribution in [-0.4, -0.2) is 84.1 Å². The minimum absolute atomic E-state index is 0.0321. The SMILES string of the molecule is CCOC(=O)[C@H]1O[C@@H]1C(=O)N[C@@H](CC(C)C)C(=O)N1CCN(C(P(=O)(OCc2ccccc2)OCc2ccccc2)P(=O)(OCc2ccccc2)OCc2ccccc2)CC1. The quantitative estimate of drug-likeness (QED) is 0.0470. The highest BCUT2D eigenvalue weighted by Gasteiger charge is 2.56. The Balaban J connectivity index is 1.31. The van der Waals surface area contributed by atoms with Gasteiger partial charge in [-0.1, -0.05) is 135 Å². The molecule has 0 aliphatic carbocycles. The van der Waals surface area contributed by atoms with Gasteiger partial charge >= 0.3 is 21.2 Å². The molecule has 2 amide bonds. The average Bonchev–Trinajstić information content (AvgIpc) is 4.10. The van der Waals surface area contributed by atoms with Crippen LogP contribution in [0.5, 0.6) is 0 Å². The van der Waals surface area contributed by atoms with E-state index in [0.29, 0.717) is 28.7 Å². The molecular weight excluding hydrogens is 820 g/mol. The molecule has 6 rings (SSSR count). The van der Waals surface area contributed by atoms with E-state index in [1.807, 2.05) is 135 Å². The summed E-state index contributed by atoms with van der Waals surface area (Å²) < 4.78 is 67.3. The second-order valence-electron chi connectivity index (χ2n) is 15.2. The van der Waals surface area contributed by atoms with Crippen molar-refractivity contribution in [3.8, 4) is 0 Å². The number of piperazine rings is 1. The normalized spacial score (nSPS) is 17.6. The van der Waals surface area contributed by atoms with Gasteiger partial charge in [-0.3, -0.25) is 23.6 Å². The Morgan fingerprint density at radius 2 is 1.03 bits per heavy atom. The van der Waals surface area contributed by atoms with Gasteiger partial charge in [0.25, 0.3) is 5.91 Å². The summed E-state index contributed by atoms with van der Waals surface area (Å²) in [5.74, 6) is -1.51. The van der Waals surface area contributed by atoms with Crippen LogP contribution in [0, 0.1) is 5.92 Å². The van der Waals surface area contributed by atoms with Crippen molar-refractivity contribution in [2.24, 2.45) is 5.92 Å². The first-order valence-electron chi connectivity index (χ1n) is 20.6. The summed E-state index contributed by atoms with van der Waals surface area (Å²) in [5.41, 5.74) is 1.31. The van der Waals surface area contributed by atoms with Gasteiger partial charge in [-0.2, -0.15) is 0 Å². The summed E-state index contributed by atoms with van der Waals surface area (Å²) >= 11 is 0. The molecule has 326 valence electrons. The molecule has 14 nitrogen and oxygen atoms in total. The molecule has 0 bridgehead atoms. The van der Waals surface area contributed by atoms with E-state index in [9.17, 15) is 14.4 Å². The monoisotopic (exact) mass is 875 g/mol. The Morgan fingerprint density at radius 1 is 0.639 bits per heavy atom. The lowest BCUT2D eigenvalue weighted by atomic mass is 10.0. The van der Waals surface area contributed by atoms with Gasteiger partial charge in [-0.05, 0) is 41.5 Å². The lowest BCUT2D eigenvalue weighted by molar-refractivity contribution is -0.144. The fourth-order valence-corrected chi connectivity index (χ4v) is 12.4. The molecular formula is C45H55N3O11P2. The zero-order valence-corrected chi connectivity index (χ0v) is 36.6. The standard InChI is InChI=1S/C45H55N3O11P2/c1-4-54-44(51)41-40(59-41)42(49)46-39(29-34(2)3)43(50)47-25-27-48(28-26-47)45(60(52,55-30-35-17-9-5-10-18-35)56-31-36-19-11-6-12-20-36)61(53,57-32-37-21-13-7-14-22-37)58-33-38-23-15-8-16-24-38/h5-24,34,39-41,45H,4,25-33H2,1-3H3,(H,46,49)/t39-,40-,41-/m0/s1. The van der Waals surface area contributed by atoms with Crippen LogP contribution < -0.4 is 5.32 Å². The third-order valence-electron chi connectivity index (χ3n) is 10.1. The van der Waals surface area contributed by atoms with Crippen LogP contribution in [0.25, 0.3) is 0 Å². The van der Waals surface area contributed by atoms with Gasteiger partial charge in [-0.15, -0.1) is 0 Å². The predicted octanol–water partition coefficient (Wildman–Crippen LogP) is 7.53. The van der Waals surface area contributed by atoms with Gasteiger partial charge in [0.2, 0.25) is 11.4 Å². The second-order valence-corrected chi connectivity index (χ2v) is 19.8. The molecule has 0 radical (unpaired) electrons. The molecule has 16 heteroatoms. The number of carbonyl (C=O) groups is 3. The molecule has 2 heterocycles. The van der Waals surface area contributed by atoms with Crippen LogP contribution in [0.15, 0.2) is 121 Å². The van der Waals surface area contributed by atoms with E-state index >= 15 is 9.13 Å². The van der Waals surface area contributed by atoms with Gasteiger partial charge < -0.3 is 37.8 Å². The Hall–Kier alpha value is -4.49. The summed E-state index contributed by atoms with van der Waals surface area (Å²) in [6.07, 6.45) is -1.72. The Morgan fingerprint density at radius 3 is 1.39 bits per heavy atom. The van der Waals surface area contributed by atoms with Crippen molar-refractivity contribution < 1.29 is 51.1 Å². The fourth-order valence-electron chi connectivity index (χ4n) is 6.93. The lowest BCUT2D eigenvalue weighted by Gasteiger charge is -2.43. The first-order valence-corrected chi connectivity index (χ1v) is 23.8. The molecule has 2 fully saturated rings. The first kappa shape index (κ1) is 46.0. The molecule has 0 aromatic heterocycles. The minimum Gasteiger partial charge on any atom is -0.464 e. The van der Waals surface area contributed by atoms with Gasteiger partial charge in [0.1, 0.15) is 6.04 Å². The molecule has 4 aromatic carbocycles. The van der Waals surface area contributed by atoms with Crippen molar-refractivity contribution in [1.82, 2.24) is 15.1 Å². The maximum absolute atomic E-state index is 15.8. The number of rotatable bonds is 22. The number of hydrogen-bond donors (Lipinski definition) is 1. The van der Waals surface area contributed by atoms with E-state index in [1.165, 1.54) is 0 Å². The van der Waals surface area contributed by atoms with Crippen LogP contribution in [0.1, 0.15) is 49.4 Å². The van der Waals surface area contributed by atoms with E-state index < -0.39 is 50.8 Å². The van der Waals surface area contributed by atoms with Crippen LogP contribution in [0.3, 0.4) is 0 Å². The van der Waals surface area contributed by atoms with Crippen molar-refractivity contribution >= 4 is 33.0 Å². The summed E-state index contributed by atoms with van der Waals surface area (Å²) in [5, 5.41) is 2.80. The third-order valence-corrected chi connectivity index (χ3v) is 15.6. The lowest BCUT2D eigenvalue weighted by Crippen LogP contribution is -2.57. The number of nitrogens with zero attached hydrogens (tertiary/aromatic N) is 2. The molecule has 2 saturated heterocycles. The molecule has 0 saturated carbocycles. The number of ether oxygens (including phenoxy) is 2. The highest BCUT2D eigenvalue weighted by atomic mass is 31.2. The fraction of sp³-hybridized carbons (Fsp3) is 0.400. The number of amides is 2. The van der Waals surface area contributed by atoms with Gasteiger partial charge in [0.05, 0.1) is 33.0 Å². The van der Waals surface area contributed by atoms with E-state index in [2.05, 4.69) is 5.32 Å². The molecule has 2 aliphatic heterocycles. The van der Waals surface area contributed by atoms with Crippen molar-refractivity contribution in [2.75, 3.05) is 32.8 Å².